The average molecular weight is 645 g/mol. The molecule has 0 spiro atoms. The highest BCUT2D eigenvalue weighted by atomic mass is 31.2. The molecule has 0 saturated carbocycles. The highest BCUT2D eigenvalue weighted by molar-refractivity contribution is 7.86. The van der Waals surface area contributed by atoms with Gasteiger partial charge in [-0.05, 0) is 62.8 Å². The second kappa shape index (κ2) is 10.8. The van der Waals surface area contributed by atoms with Crippen molar-refractivity contribution in [2.45, 2.75) is 0 Å². The molecule has 2 heterocycles. The molecule has 3 nitrogen and oxygen atoms in total. The van der Waals surface area contributed by atoms with Gasteiger partial charge in [0.05, 0.1) is 16.6 Å². The molecule has 8 aromatic carbocycles. The second-order valence-corrected chi connectivity index (χ2v) is 15.3. The van der Waals surface area contributed by atoms with E-state index in [0.29, 0.717) is 0 Å². The zero-order valence-corrected chi connectivity index (χ0v) is 27.4. The van der Waals surface area contributed by atoms with Crippen molar-refractivity contribution < 1.29 is 4.57 Å². The Labute approximate surface area is 283 Å². The van der Waals surface area contributed by atoms with Gasteiger partial charge in [0.15, 0.2) is 7.14 Å². The predicted octanol–water partition coefficient (Wildman–Crippen LogP) is 10.4. The molecule has 2 aromatic heterocycles. The largest absolute Gasteiger partial charge is 0.309 e. The maximum atomic E-state index is 16.4. The van der Waals surface area contributed by atoms with Crippen molar-refractivity contribution in [3.63, 3.8) is 0 Å². The van der Waals surface area contributed by atoms with E-state index in [1.165, 1.54) is 0 Å². The number of hydrogen-bond donors (Lipinski definition) is 0. The fourth-order valence-corrected chi connectivity index (χ4v) is 11.0. The van der Waals surface area contributed by atoms with Gasteiger partial charge < -0.3 is 4.57 Å². The highest BCUT2D eigenvalue weighted by Crippen LogP contribution is 2.50. The summed E-state index contributed by atoms with van der Waals surface area (Å²) in [4.78, 5) is 5.14. The first kappa shape index (κ1) is 28.0. The molecular weight excluding hydrogens is 615 g/mol. The number of pyridine rings is 1. The lowest BCUT2D eigenvalue weighted by molar-refractivity contribution is 0.592. The van der Waals surface area contributed by atoms with Gasteiger partial charge in [0.1, 0.15) is 5.65 Å². The van der Waals surface area contributed by atoms with Crippen molar-refractivity contribution in [3.05, 3.63) is 176 Å². The Morgan fingerprint density at radius 1 is 0.429 bits per heavy atom. The van der Waals surface area contributed by atoms with E-state index in [2.05, 4.69) is 114 Å². The first-order valence-electron chi connectivity index (χ1n) is 16.6. The van der Waals surface area contributed by atoms with Crippen LogP contribution in [0.1, 0.15) is 0 Å². The molecule has 0 unspecified atom stereocenters. The van der Waals surface area contributed by atoms with Crippen LogP contribution in [0, 0.1) is 0 Å². The Kier molecular flexibility index (Phi) is 6.15. The summed E-state index contributed by atoms with van der Waals surface area (Å²) in [5.41, 5.74) is 6.14. The Hall–Kier alpha value is -6.02. The van der Waals surface area contributed by atoms with E-state index in [-0.39, 0.29) is 0 Å². The molecule has 0 bridgehead atoms. The Morgan fingerprint density at radius 2 is 0.959 bits per heavy atom. The first-order chi connectivity index (χ1) is 24.2. The molecule has 230 valence electrons. The maximum absolute atomic E-state index is 16.4. The van der Waals surface area contributed by atoms with Crippen molar-refractivity contribution in [2.75, 3.05) is 0 Å². The van der Waals surface area contributed by atoms with Crippen LogP contribution in [-0.2, 0) is 4.57 Å². The molecule has 0 atom stereocenters. The van der Waals surface area contributed by atoms with E-state index >= 15 is 4.57 Å². The average Bonchev–Trinajstić information content (AvgIpc) is 3.58. The predicted molar refractivity (Wildman–Crippen MR) is 208 cm³/mol. The van der Waals surface area contributed by atoms with E-state index in [0.717, 1.165) is 86.9 Å². The lowest BCUT2D eigenvalue weighted by Crippen LogP contribution is -2.27. The molecule has 49 heavy (non-hydrogen) atoms. The van der Waals surface area contributed by atoms with Crippen molar-refractivity contribution in [1.29, 1.82) is 0 Å². The molecule has 0 radical (unpaired) electrons. The minimum absolute atomic E-state index is 0.819. The van der Waals surface area contributed by atoms with Gasteiger partial charge in [-0.2, -0.15) is 0 Å². The standard InChI is InChI=1S/C45H29N2OP/c48-49(31-15-3-1-4-16-31,32-17-5-2-6-18-32)44-37-23-10-8-20-34(37)33-19-7-9-22-36(33)43(44)30-27-28-38-39(29-30)35-21-11-13-25-41(35)47-42-26-14-12-24-40(42)46-45(38)47/h1-29H. The third-order valence-corrected chi connectivity index (χ3v) is 13.2. The van der Waals surface area contributed by atoms with Gasteiger partial charge in [0.25, 0.3) is 0 Å². The van der Waals surface area contributed by atoms with Crippen LogP contribution in [0.2, 0.25) is 0 Å². The van der Waals surface area contributed by atoms with Gasteiger partial charge in [0, 0.05) is 32.2 Å². The number of rotatable bonds is 4. The van der Waals surface area contributed by atoms with Gasteiger partial charge in [0.2, 0.25) is 0 Å². The number of para-hydroxylation sites is 3. The molecule has 0 N–H and O–H groups in total. The van der Waals surface area contributed by atoms with E-state index in [9.17, 15) is 0 Å². The van der Waals surface area contributed by atoms with Gasteiger partial charge >= 0.3 is 0 Å². The number of nitrogens with zero attached hydrogens (tertiary/aromatic N) is 2. The summed E-state index contributed by atoms with van der Waals surface area (Å²) in [6, 6.07) is 60.7. The first-order valence-corrected chi connectivity index (χ1v) is 18.3. The van der Waals surface area contributed by atoms with Crippen LogP contribution >= 0.6 is 7.14 Å². The summed E-state index contributed by atoms with van der Waals surface area (Å²) in [7, 11) is -3.41. The monoisotopic (exact) mass is 644 g/mol. The molecule has 10 rings (SSSR count). The van der Waals surface area contributed by atoms with Crippen LogP contribution in [0.5, 0.6) is 0 Å². The van der Waals surface area contributed by atoms with Crippen LogP contribution in [-0.4, -0.2) is 9.38 Å². The molecule has 0 amide bonds. The van der Waals surface area contributed by atoms with Crippen LogP contribution in [0.4, 0.5) is 0 Å². The lowest BCUT2D eigenvalue weighted by Gasteiger charge is -2.26. The SMILES string of the molecule is O=P(c1ccccc1)(c1ccccc1)c1c(-c2ccc3c(c2)c2ccccc2n2c4ccccc4nc32)c2ccccc2c2ccccc12. The number of fused-ring (bicyclic) bond motifs is 11. The zero-order valence-electron chi connectivity index (χ0n) is 26.5. The molecule has 0 aliphatic rings. The normalized spacial score (nSPS) is 12.2. The van der Waals surface area contributed by atoms with E-state index in [1.807, 2.05) is 66.7 Å². The van der Waals surface area contributed by atoms with E-state index in [1.54, 1.807) is 0 Å². The molecule has 0 saturated heterocycles. The Morgan fingerprint density at radius 3 is 1.65 bits per heavy atom. The smallest absolute Gasteiger partial charge is 0.172 e. The van der Waals surface area contributed by atoms with Gasteiger partial charge in [-0.1, -0.05) is 146 Å². The van der Waals surface area contributed by atoms with Crippen LogP contribution in [0.3, 0.4) is 0 Å². The summed E-state index contributed by atoms with van der Waals surface area (Å²) in [5, 5.41) is 10.2. The van der Waals surface area contributed by atoms with E-state index < -0.39 is 7.14 Å². The number of benzene rings is 8. The van der Waals surface area contributed by atoms with Crippen LogP contribution in [0.25, 0.3) is 71.0 Å². The molecule has 0 aliphatic heterocycles. The topological polar surface area (TPSA) is 34.4 Å². The molecule has 10 aromatic rings. The van der Waals surface area contributed by atoms with Crippen molar-refractivity contribution >= 4 is 83.0 Å². The van der Waals surface area contributed by atoms with Gasteiger partial charge in [-0.3, -0.25) is 4.40 Å². The van der Waals surface area contributed by atoms with Gasteiger partial charge in [-0.15, -0.1) is 0 Å². The van der Waals surface area contributed by atoms with Crippen molar-refractivity contribution in [3.8, 4) is 11.1 Å². The maximum Gasteiger partial charge on any atom is 0.172 e. The van der Waals surface area contributed by atoms with Gasteiger partial charge in [-0.25, -0.2) is 4.98 Å². The third kappa shape index (κ3) is 4.03. The summed E-state index contributed by atoms with van der Waals surface area (Å²) in [6.07, 6.45) is 0. The minimum atomic E-state index is -3.41. The van der Waals surface area contributed by atoms with Crippen LogP contribution < -0.4 is 15.9 Å². The second-order valence-electron chi connectivity index (χ2n) is 12.6. The minimum Gasteiger partial charge on any atom is -0.309 e. The number of hydrogen-bond acceptors (Lipinski definition) is 2. The van der Waals surface area contributed by atoms with E-state index in [4.69, 9.17) is 4.98 Å². The fourth-order valence-electron chi connectivity index (χ4n) is 7.89. The Bertz CT molecular complexity index is 2920. The van der Waals surface area contributed by atoms with Crippen LogP contribution in [0.15, 0.2) is 176 Å². The third-order valence-electron chi connectivity index (χ3n) is 10.0. The highest BCUT2D eigenvalue weighted by Gasteiger charge is 2.35. The number of aromatic nitrogens is 2. The number of imidazole rings is 1. The lowest BCUT2D eigenvalue weighted by atomic mass is 9.91. The molecule has 0 aliphatic carbocycles. The quantitative estimate of drug-likeness (QED) is 0.141. The molecule has 0 fully saturated rings. The fraction of sp³-hybridized carbons (Fsp3) is 0. The Balaban J connectivity index is 1.40. The summed E-state index contributed by atoms with van der Waals surface area (Å²) in [6.45, 7) is 0. The zero-order chi connectivity index (χ0) is 32.5. The summed E-state index contributed by atoms with van der Waals surface area (Å²) >= 11 is 0. The van der Waals surface area contributed by atoms with Crippen molar-refractivity contribution in [1.82, 2.24) is 9.38 Å². The molecule has 4 heteroatoms. The summed E-state index contributed by atoms with van der Waals surface area (Å²) < 4.78 is 18.7. The van der Waals surface area contributed by atoms with Crippen molar-refractivity contribution in [2.24, 2.45) is 0 Å². The molecular formula is C45H29N2OP. The summed E-state index contributed by atoms with van der Waals surface area (Å²) in [5.74, 6) is 0.